The van der Waals surface area contributed by atoms with Crippen LogP contribution in [0.5, 0.6) is 17.2 Å². The molecule has 3 aromatic carbocycles. The average molecular weight is 604 g/mol. The minimum Gasteiger partial charge on any atom is -0.508 e. The molecule has 1 aliphatic carbocycles. The number of alkyl carbamates (subject to hydrolysis) is 1. The number of rotatable bonds is 10. The van der Waals surface area contributed by atoms with Gasteiger partial charge < -0.3 is 35.2 Å². The molecule has 4 rings (SSSR count). The lowest BCUT2D eigenvalue weighted by molar-refractivity contribution is -0.145. The average Bonchev–Trinajstić information content (AvgIpc) is 2.93. The number of aromatic hydroxyl groups is 2. The zero-order valence-corrected chi connectivity index (χ0v) is 25.8. The molecule has 4 N–H and O–H groups in total. The van der Waals surface area contributed by atoms with Crippen LogP contribution in [0.2, 0.25) is 0 Å². The third-order valence-corrected chi connectivity index (χ3v) is 7.51. The van der Waals surface area contributed by atoms with Crippen molar-refractivity contribution < 1.29 is 34.1 Å². The van der Waals surface area contributed by atoms with Gasteiger partial charge in [0.2, 0.25) is 5.91 Å². The van der Waals surface area contributed by atoms with E-state index in [1.54, 1.807) is 88.2 Å². The molecule has 44 heavy (non-hydrogen) atoms. The first kappa shape index (κ1) is 32.2. The number of nitrogens with one attached hydrogen (secondary N) is 2. The second kappa shape index (κ2) is 13.7. The first-order valence-corrected chi connectivity index (χ1v) is 14.7. The molecule has 0 heterocycles. The van der Waals surface area contributed by atoms with Crippen molar-refractivity contribution in [3.05, 3.63) is 83.4 Å². The molecule has 0 aromatic heterocycles. The standard InChI is InChI=1S/C34H41N3O7/c1-21-19-23(11-18-29(21)39)30(31(40)35-24-12-16-27(43-5)17-13-24)37(25-7-6-8-25)32(41)28(36-33(42)44-34(2,3)4)20-22-9-14-26(38)15-10-22/h9-19,25,28,30,38-39H,6-8,20H2,1-5H3,(H,35,40)(H,36,42). The van der Waals surface area contributed by atoms with Gasteiger partial charge >= 0.3 is 6.09 Å². The highest BCUT2D eigenvalue weighted by Crippen LogP contribution is 2.36. The van der Waals surface area contributed by atoms with Crippen LogP contribution < -0.4 is 15.4 Å². The van der Waals surface area contributed by atoms with Gasteiger partial charge in [-0.25, -0.2) is 4.79 Å². The lowest BCUT2D eigenvalue weighted by atomic mass is 9.87. The monoisotopic (exact) mass is 603 g/mol. The number of nitrogens with zero attached hydrogens (tertiary/aromatic N) is 1. The number of hydrogen-bond acceptors (Lipinski definition) is 7. The third-order valence-electron chi connectivity index (χ3n) is 7.51. The van der Waals surface area contributed by atoms with Gasteiger partial charge in [0.25, 0.3) is 5.91 Å². The minimum absolute atomic E-state index is 0.0707. The van der Waals surface area contributed by atoms with Gasteiger partial charge in [0.1, 0.15) is 34.9 Å². The SMILES string of the molecule is COc1ccc(NC(=O)C(c2ccc(O)c(C)c2)N(C(=O)C(Cc2ccc(O)cc2)NC(=O)OC(C)(C)C)C2CCC2)cc1. The summed E-state index contributed by atoms with van der Waals surface area (Å²) in [5.41, 5.74) is 1.50. The number of carbonyl (C=O) groups excluding carboxylic acids is 3. The molecule has 2 atom stereocenters. The smallest absolute Gasteiger partial charge is 0.408 e. The molecule has 3 amide bonds. The van der Waals surface area contributed by atoms with Gasteiger partial charge in [0.05, 0.1) is 7.11 Å². The van der Waals surface area contributed by atoms with Crippen molar-refractivity contribution in [3.8, 4) is 17.2 Å². The Hall–Kier alpha value is -4.73. The lowest BCUT2D eigenvalue weighted by Gasteiger charge is -2.43. The minimum atomic E-state index is -1.08. The molecule has 1 fully saturated rings. The summed E-state index contributed by atoms with van der Waals surface area (Å²) >= 11 is 0. The zero-order chi connectivity index (χ0) is 32.0. The van der Waals surface area contributed by atoms with E-state index in [0.717, 1.165) is 6.42 Å². The Balaban J connectivity index is 1.75. The van der Waals surface area contributed by atoms with E-state index in [1.807, 2.05) is 0 Å². The molecule has 2 unspecified atom stereocenters. The van der Waals surface area contributed by atoms with Crippen LogP contribution >= 0.6 is 0 Å². The molecule has 0 spiro atoms. The summed E-state index contributed by atoms with van der Waals surface area (Å²) in [4.78, 5) is 43.3. The maximum atomic E-state index is 14.6. The Morgan fingerprint density at radius 2 is 1.64 bits per heavy atom. The number of phenolic OH excluding ortho intramolecular Hbond substituents is 2. The molecule has 234 valence electrons. The first-order chi connectivity index (χ1) is 20.8. The number of benzene rings is 3. The van der Waals surface area contributed by atoms with E-state index in [1.165, 1.54) is 18.2 Å². The van der Waals surface area contributed by atoms with Crippen molar-refractivity contribution in [1.29, 1.82) is 0 Å². The molecule has 0 radical (unpaired) electrons. The predicted molar refractivity (Wildman–Crippen MR) is 167 cm³/mol. The summed E-state index contributed by atoms with van der Waals surface area (Å²) in [5.74, 6) is -0.118. The van der Waals surface area contributed by atoms with E-state index in [0.29, 0.717) is 41.0 Å². The molecule has 0 saturated heterocycles. The predicted octanol–water partition coefficient (Wildman–Crippen LogP) is 5.61. The topological polar surface area (TPSA) is 137 Å². The van der Waals surface area contributed by atoms with Crippen molar-refractivity contribution in [2.45, 2.75) is 77.1 Å². The van der Waals surface area contributed by atoms with E-state index >= 15 is 0 Å². The van der Waals surface area contributed by atoms with Crippen molar-refractivity contribution in [1.82, 2.24) is 10.2 Å². The van der Waals surface area contributed by atoms with Crippen molar-refractivity contribution in [2.24, 2.45) is 0 Å². The molecule has 3 aromatic rings. The third kappa shape index (κ3) is 8.21. The van der Waals surface area contributed by atoms with Crippen LogP contribution in [0.3, 0.4) is 0 Å². The summed E-state index contributed by atoms with van der Waals surface area (Å²) in [7, 11) is 1.55. The highest BCUT2D eigenvalue weighted by Gasteiger charge is 2.42. The van der Waals surface area contributed by atoms with Crippen LogP contribution in [0.25, 0.3) is 0 Å². The number of amides is 3. The van der Waals surface area contributed by atoms with Gasteiger partial charge in [0.15, 0.2) is 0 Å². The fraction of sp³-hybridized carbons (Fsp3) is 0.382. The molecule has 0 aliphatic heterocycles. The summed E-state index contributed by atoms with van der Waals surface area (Å²) in [6, 6.07) is 15.7. The van der Waals surface area contributed by atoms with Gasteiger partial charge in [-0.2, -0.15) is 0 Å². The lowest BCUT2D eigenvalue weighted by Crippen LogP contribution is -2.57. The van der Waals surface area contributed by atoms with Crippen LogP contribution in [0.1, 0.15) is 62.8 Å². The molecule has 1 saturated carbocycles. The molecular weight excluding hydrogens is 562 g/mol. The highest BCUT2D eigenvalue weighted by atomic mass is 16.6. The Labute approximate surface area is 258 Å². The van der Waals surface area contributed by atoms with E-state index < -0.39 is 35.6 Å². The van der Waals surface area contributed by atoms with Gasteiger partial charge in [-0.05, 0) is 112 Å². The quantitative estimate of drug-likeness (QED) is 0.236. The summed E-state index contributed by atoms with van der Waals surface area (Å²) in [6.07, 6.45) is 1.60. The maximum absolute atomic E-state index is 14.6. The Morgan fingerprint density at radius 3 is 2.18 bits per heavy atom. The molecule has 10 nitrogen and oxygen atoms in total. The second-order valence-electron chi connectivity index (χ2n) is 12.1. The largest absolute Gasteiger partial charge is 0.508 e. The Bertz CT molecular complexity index is 1460. The number of aryl methyl sites for hydroxylation is 1. The number of phenols is 2. The number of anilines is 1. The van der Waals surface area contributed by atoms with Gasteiger partial charge in [-0.1, -0.05) is 18.2 Å². The van der Waals surface area contributed by atoms with Crippen molar-refractivity contribution >= 4 is 23.6 Å². The van der Waals surface area contributed by atoms with Gasteiger partial charge in [-0.15, -0.1) is 0 Å². The van der Waals surface area contributed by atoms with E-state index in [4.69, 9.17) is 9.47 Å². The van der Waals surface area contributed by atoms with Crippen LogP contribution in [0.15, 0.2) is 66.7 Å². The molecular formula is C34H41N3O7. The van der Waals surface area contributed by atoms with Crippen molar-refractivity contribution in [2.75, 3.05) is 12.4 Å². The maximum Gasteiger partial charge on any atom is 0.408 e. The van der Waals surface area contributed by atoms with Gasteiger partial charge in [0, 0.05) is 18.2 Å². The summed E-state index contributed by atoms with van der Waals surface area (Å²) in [5, 5.41) is 25.7. The summed E-state index contributed by atoms with van der Waals surface area (Å²) < 4.78 is 10.7. The molecule has 0 bridgehead atoms. The Morgan fingerprint density at radius 1 is 0.977 bits per heavy atom. The molecule has 10 heteroatoms. The van der Waals surface area contributed by atoms with Crippen LogP contribution in [0, 0.1) is 6.92 Å². The van der Waals surface area contributed by atoms with Crippen LogP contribution in [-0.2, 0) is 20.7 Å². The van der Waals surface area contributed by atoms with Crippen LogP contribution in [0.4, 0.5) is 10.5 Å². The second-order valence-corrected chi connectivity index (χ2v) is 12.1. The van der Waals surface area contributed by atoms with Crippen LogP contribution in [-0.4, -0.2) is 57.8 Å². The summed E-state index contributed by atoms with van der Waals surface area (Å²) in [6.45, 7) is 6.93. The number of hydrogen-bond donors (Lipinski definition) is 4. The fourth-order valence-corrected chi connectivity index (χ4v) is 5.05. The normalized spacial score (nSPS) is 14.5. The van der Waals surface area contributed by atoms with Crippen molar-refractivity contribution in [3.63, 3.8) is 0 Å². The molecule has 1 aliphatic rings. The zero-order valence-electron chi connectivity index (χ0n) is 25.8. The number of carbonyl (C=O) groups is 3. The van der Waals surface area contributed by atoms with Gasteiger partial charge in [-0.3, -0.25) is 9.59 Å². The van der Waals surface area contributed by atoms with E-state index in [9.17, 15) is 24.6 Å². The Kier molecular flexibility index (Phi) is 10.0. The highest BCUT2D eigenvalue weighted by molar-refractivity contribution is 5.99. The number of ether oxygens (including phenoxy) is 2. The van der Waals surface area contributed by atoms with E-state index in [-0.39, 0.29) is 24.0 Å². The first-order valence-electron chi connectivity index (χ1n) is 14.7. The number of methoxy groups -OCH3 is 1. The van der Waals surface area contributed by atoms with E-state index in [2.05, 4.69) is 10.6 Å². The fourth-order valence-electron chi connectivity index (χ4n) is 5.05.